The second-order valence-electron chi connectivity index (χ2n) is 10.0. The summed E-state index contributed by atoms with van der Waals surface area (Å²) in [7, 11) is 0. The van der Waals surface area contributed by atoms with Gasteiger partial charge in [-0.05, 0) is 35.4 Å². The van der Waals surface area contributed by atoms with Gasteiger partial charge in [0.15, 0.2) is 11.5 Å². The Balaban J connectivity index is 1.65. The first-order chi connectivity index (χ1) is 20.0. The highest BCUT2D eigenvalue weighted by Crippen LogP contribution is 2.61. The van der Waals surface area contributed by atoms with Crippen LogP contribution in [0.1, 0.15) is 34.1 Å². The first kappa shape index (κ1) is 26.4. The number of hydrogen-bond donors (Lipinski definition) is 8. The van der Waals surface area contributed by atoms with Crippen LogP contribution in [0.25, 0.3) is 0 Å². The molecule has 2 aliphatic rings. The van der Waals surface area contributed by atoms with Gasteiger partial charge in [0, 0.05) is 29.5 Å². The topological polar surface area (TPSA) is 214 Å². The number of hydrogen-bond acceptors (Lipinski definition) is 12. The van der Waals surface area contributed by atoms with Crippen molar-refractivity contribution in [3.05, 3.63) is 82.9 Å². The van der Waals surface area contributed by atoms with Crippen LogP contribution in [-0.2, 0) is 9.59 Å². The highest BCUT2D eigenvalue weighted by atomic mass is 16.6. The molecule has 0 bridgehead atoms. The monoisotopic (exact) mass is 574 g/mol. The van der Waals surface area contributed by atoms with Crippen molar-refractivity contribution in [1.82, 2.24) is 0 Å². The average Bonchev–Trinajstić information content (AvgIpc) is 2.95. The van der Waals surface area contributed by atoms with Crippen LogP contribution < -0.4 is 9.47 Å². The highest BCUT2D eigenvalue weighted by Gasteiger charge is 2.55. The minimum absolute atomic E-state index is 0.0340. The summed E-state index contributed by atoms with van der Waals surface area (Å²) in [6.45, 7) is 0. The van der Waals surface area contributed by atoms with Crippen molar-refractivity contribution >= 4 is 11.9 Å². The van der Waals surface area contributed by atoms with Crippen molar-refractivity contribution < 1.29 is 59.9 Å². The largest absolute Gasteiger partial charge is 0.508 e. The molecule has 0 amide bonds. The number of carbonyl (C=O) groups excluding carboxylic acids is 2. The first-order valence-corrected chi connectivity index (χ1v) is 12.5. The molecule has 4 atom stereocenters. The second kappa shape index (κ2) is 9.41. The molecular weight excluding hydrogens is 552 g/mol. The zero-order valence-electron chi connectivity index (χ0n) is 21.3. The predicted octanol–water partition coefficient (Wildman–Crippen LogP) is 3.37. The van der Waals surface area contributed by atoms with E-state index in [1.807, 2.05) is 0 Å². The van der Waals surface area contributed by atoms with E-state index in [9.17, 15) is 50.4 Å². The number of esters is 2. The van der Waals surface area contributed by atoms with Crippen LogP contribution in [0.15, 0.2) is 60.7 Å². The molecule has 8 N–H and O–H groups in total. The van der Waals surface area contributed by atoms with Crippen molar-refractivity contribution in [2.75, 3.05) is 0 Å². The van der Waals surface area contributed by atoms with Gasteiger partial charge in [-0.3, -0.25) is 9.59 Å². The summed E-state index contributed by atoms with van der Waals surface area (Å²) in [4.78, 5) is 27.6. The number of fused-ring (bicyclic) bond motifs is 2. The number of ether oxygens (including phenoxy) is 2. The third kappa shape index (κ3) is 3.91. The van der Waals surface area contributed by atoms with Crippen LogP contribution in [0.4, 0.5) is 0 Å². The number of phenolic OH excluding ortho intramolecular Hbond substituents is 8. The summed E-state index contributed by atoms with van der Waals surface area (Å²) in [5.41, 5.74) is 0.275. The molecule has 12 heteroatoms. The summed E-state index contributed by atoms with van der Waals surface area (Å²) in [5.74, 6) is -13.8. The summed E-state index contributed by atoms with van der Waals surface area (Å²) in [6.07, 6.45) is 0. The van der Waals surface area contributed by atoms with Gasteiger partial charge in [-0.15, -0.1) is 0 Å². The third-order valence-electron chi connectivity index (χ3n) is 7.68. The Hall–Kier alpha value is -5.78. The van der Waals surface area contributed by atoms with Crippen LogP contribution in [0.5, 0.6) is 57.5 Å². The van der Waals surface area contributed by atoms with Crippen LogP contribution in [0, 0.1) is 11.8 Å². The van der Waals surface area contributed by atoms with E-state index in [-0.39, 0.29) is 33.9 Å². The molecule has 0 saturated heterocycles. The lowest BCUT2D eigenvalue weighted by molar-refractivity contribution is -0.154. The van der Waals surface area contributed by atoms with Crippen LogP contribution in [0.2, 0.25) is 0 Å². The molecular formula is C30H22O12. The lowest BCUT2D eigenvalue weighted by Crippen LogP contribution is -2.46. The predicted molar refractivity (Wildman–Crippen MR) is 141 cm³/mol. The van der Waals surface area contributed by atoms with Crippen molar-refractivity contribution in [3.8, 4) is 57.5 Å². The van der Waals surface area contributed by atoms with Crippen molar-refractivity contribution in [2.45, 2.75) is 11.8 Å². The summed E-state index contributed by atoms with van der Waals surface area (Å²) >= 11 is 0. The smallest absolute Gasteiger partial charge is 0.316 e. The Morgan fingerprint density at radius 1 is 0.500 bits per heavy atom. The van der Waals surface area contributed by atoms with Crippen molar-refractivity contribution in [2.24, 2.45) is 11.8 Å². The van der Waals surface area contributed by atoms with Gasteiger partial charge in [0.1, 0.15) is 28.7 Å². The van der Waals surface area contributed by atoms with Gasteiger partial charge in [0.2, 0.25) is 17.2 Å². The molecule has 12 nitrogen and oxygen atoms in total. The summed E-state index contributed by atoms with van der Waals surface area (Å²) < 4.78 is 10.9. The minimum atomic E-state index is -1.57. The molecule has 0 radical (unpaired) electrons. The van der Waals surface area contributed by atoms with Crippen LogP contribution >= 0.6 is 0 Å². The van der Waals surface area contributed by atoms with Gasteiger partial charge in [-0.2, -0.15) is 0 Å². The minimum Gasteiger partial charge on any atom is -0.508 e. The van der Waals surface area contributed by atoms with Crippen molar-refractivity contribution in [3.63, 3.8) is 0 Å². The van der Waals surface area contributed by atoms with E-state index in [4.69, 9.17) is 9.47 Å². The zero-order valence-corrected chi connectivity index (χ0v) is 21.3. The lowest BCUT2D eigenvalue weighted by Gasteiger charge is -2.41. The number of carbonyl (C=O) groups is 2. The van der Waals surface area contributed by atoms with Gasteiger partial charge in [0.25, 0.3) is 0 Å². The Morgan fingerprint density at radius 2 is 0.976 bits per heavy atom. The van der Waals surface area contributed by atoms with E-state index < -0.39 is 75.9 Å². The SMILES string of the molecule is O=C1Oc2c(O)c(O)c(O)c(O)c2[C@@H](c2ccc(O)cc2)[C@@H]1[C@H]1C(=O)Oc2cc(O)cc(O)c2[C@H]1c1ccc(O)cc1. The molecule has 0 aliphatic carbocycles. The molecule has 42 heavy (non-hydrogen) atoms. The van der Waals surface area contributed by atoms with E-state index in [0.717, 1.165) is 12.1 Å². The van der Waals surface area contributed by atoms with E-state index in [1.54, 1.807) is 0 Å². The number of aromatic hydroxyl groups is 8. The molecule has 0 aromatic heterocycles. The van der Waals surface area contributed by atoms with Gasteiger partial charge >= 0.3 is 11.9 Å². The maximum absolute atomic E-state index is 13.8. The molecule has 0 saturated carbocycles. The normalized spacial score (nSPS) is 21.1. The molecule has 6 rings (SSSR count). The molecule has 214 valence electrons. The fourth-order valence-electron chi connectivity index (χ4n) is 5.88. The van der Waals surface area contributed by atoms with Crippen LogP contribution in [-0.4, -0.2) is 52.8 Å². The molecule has 0 fully saturated rings. The molecule has 4 aromatic rings. The highest BCUT2D eigenvalue weighted by molar-refractivity contribution is 5.92. The number of phenols is 8. The maximum atomic E-state index is 13.8. The van der Waals surface area contributed by atoms with Gasteiger partial charge in [-0.25, -0.2) is 0 Å². The zero-order chi connectivity index (χ0) is 30.0. The Kier molecular flexibility index (Phi) is 5.92. The lowest BCUT2D eigenvalue weighted by atomic mass is 9.65. The standard InChI is InChI=1S/C30H22O12/c31-13-5-1-11(2-6-13)18-20-16(34)9-15(33)10-17(20)41-29(39)21(18)22-19(12-3-7-14(32)8-4-12)23-24(35)25(36)26(37)27(38)28(23)42-30(22)40/h1-10,18-19,21-22,31-38H/t18-,19+,21+,22-/m1/s1. The van der Waals surface area contributed by atoms with Crippen molar-refractivity contribution in [1.29, 1.82) is 0 Å². The maximum Gasteiger partial charge on any atom is 0.316 e. The van der Waals surface area contributed by atoms with E-state index in [1.165, 1.54) is 48.5 Å². The number of rotatable bonds is 3. The fraction of sp³-hybridized carbons (Fsp3) is 0.133. The van der Waals surface area contributed by atoms with E-state index in [0.29, 0.717) is 5.56 Å². The van der Waals surface area contributed by atoms with Gasteiger partial charge in [-0.1, -0.05) is 24.3 Å². The third-order valence-corrected chi connectivity index (χ3v) is 7.68. The second-order valence-corrected chi connectivity index (χ2v) is 10.0. The Morgan fingerprint density at radius 3 is 1.52 bits per heavy atom. The number of benzene rings is 4. The molecule has 0 spiro atoms. The molecule has 2 aliphatic heterocycles. The Labute approximate surface area is 236 Å². The molecule has 4 aromatic carbocycles. The van der Waals surface area contributed by atoms with E-state index >= 15 is 0 Å². The van der Waals surface area contributed by atoms with Gasteiger partial charge < -0.3 is 50.3 Å². The quantitative estimate of drug-likeness (QED) is 0.0765. The summed E-state index contributed by atoms with van der Waals surface area (Å²) in [6, 6.07) is 13.1. The van der Waals surface area contributed by atoms with Gasteiger partial charge in [0.05, 0.1) is 17.4 Å². The first-order valence-electron chi connectivity index (χ1n) is 12.5. The molecule has 2 heterocycles. The molecule has 0 unspecified atom stereocenters. The van der Waals surface area contributed by atoms with Crippen LogP contribution in [0.3, 0.4) is 0 Å². The van der Waals surface area contributed by atoms with E-state index in [2.05, 4.69) is 0 Å². The average molecular weight is 574 g/mol. The summed E-state index contributed by atoms with van der Waals surface area (Å²) in [5, 5.41) is 82.9. The fourth-order valence-corrected chi connectivity index (χ4v) is 5.88. The Bertz CT molecular complexity index is 1760.